The lowest BCUT2D eigenvalue weighted by atomic mass is 9.85. The zero-order valence-electron chi connectivity index (χ0n) is 26.9. The van der Waals surface area contributed by atoms with Crippen LogP contribution in [0.15, 0.2) is 18.2 Å². The molecule has 1 amide bonds. The van der Waals surface area contributed by atoms with Crippen molar-refractivity contribution in [1.82, 2.24) is 9.80 Å². The summed E-state index contributed by atoms with van der Waals surface area (Å²) in [6.07, 6.45) is -1.01. The third kappa shape index (κ3) is 7.33. The number of aliphatic hydroxyl groups excluding tert-OH is 1. The standard InChI is InChI=1S/C30H53ClN2O5Si2/c1-28(2,3)39(9,10)36-20-22(38-40(11,12)29(4,5)6)18-32-15-16-33(25(34)19-32)26-23-17-21(31)13-14-24(23)37-30(7,8)27(26)35/h13-14,17,22,26-27,35H,15-16,18-20H2,1-12H3/t22?,26-,27+/m1/s1. The normalized spacial score (nSPS) is 23.6. The summed E-state index contributed by atoms with van der Waals surface area (Å²) in [4.78, 5) is 17.7. The molecule has 2 aliphatic heterocycles. The van der Waals surface area contributed by atoms with E-state index in [1.807, 2.05) is 19.9 Å². The highest BCUT2D eigenvalue weighted by Gasteiger charge is 2.48. The van der Waals surface area contributed by atoms with Gasteiger partial charge in [-0.3, -0.25) is 9.69 Å². The minimum Gasteiger partial charge on any atom is -0.485 e. The van der Waals surface area contributed by atoms with Gasteiger partial charge in [-0.25, -0.2) is 0 Å². The van der Waals surface area contributed by atoms with Crippen molar-refractivity contribution in [1.29, 1.82) is 0 Å². The maximum absolute atomic E-state index is 13.7. The van der Waals surface area contributed by atoms with E-state index in [4.69, 9.17) is 25.2 Å². The first-order valence-electron chi connectivity index (χ1n) is 14.6. The molecule has 3 rings (SSSR count). The summed E-state index contributed by atoms with van der Waals surface area (Å²) in [5, 5.41) is 12.1. The van der Waals surface area contributed by atoms with Crippen LogP contribution in [0.3, 0.4) is 0 Å². The predicted octanol–water partition coefficient (Wildman–Crippen LogP) is 6.47. The smallest absolute Gasteiger partial charge is 0.237 e. The van der Waals surface area contributed by atoms with Crippen LogP contribution in [0.2, 0.25) is 41.3 Å². The van der Waals surface area contributed by atoms with Crippen molar-refractivity contribution in [2.45, 2.75) is 116 Å². The Morgan fingerprint density at radius 2 is 1.68 bits per heavy atom. The monoisotopic (exact) mass is 612 g/mol. The van der Waals surface area contributed by atoms with E-state index in [1.165, 1.54) is 0 Å². The second kappa shape index (κ2) is 11.6. The molecule has 0 radical (unpaired) electrons. The fourth-order valence-corrected chi connectivity index (χ4v) is 7.33. The van der Waals surface area contributed by atoms with Gasteiger partial charge in [-0.05, 0) is 68.3 Å². The van der Waals surface area contributed by atoms with Gasteiger partial charge in [0.05, 0.1) is 25.3 Å². The number of hydrogen-bond acceptors (Lipinski definition) is 6. The Bertz CT molecular complexity index is 1070. The van der Waals surface area contributed by atoms with Gasteiger partial charge >= 0.3 is 0 Å². The number of piperazine rings is 1. The van der Waals surface area contributed by atoms with Crippen LogP contribution in [-0.4, -0.2) is 88.0 Å². The number of halogens is 1. The molecule has 0 aliphatic carbocycles. The number of nitrogens with zero attached hydrogens (tertiary/aromatic N) is 2. The lowest BCUT2D eigenvalue weighted by Crippen LogP contribution is -2.60. The van der Waals surface area contributed by atoms with E-state index in [0.29, 0.717) is 37.0 Å². The summed E-state index contributed by atoms with van der Waals surface area (Å²) in [6.45, 7) is 28.9. The van der Waals surface area contributed by atoms with E-state index in [0.717, 1.165) is 5.56 Å². The lowest BCUT2D eigenvalue weighted by molar-refractivity contribution is -0.151. The summed E-state index contributed by atoms with van der Waals surface area (Å²) in [7, 11) is -4.04. The number of carbonyl (C=O) groups is 1. The van der Waals surface area contributed by atoms with Crippen LogP contribution in [0.25, 0.3) is 0 Å². The molecular formula is C30H53ClN2O5Si2. The maximum Gasteiger partial charge on any atom is 0.237 e. The Morgan fingerprint density at radius 1 is 1.07 bits per heavy atom. The zero-order chi connectivity index (χ0) is 30.5. The topological polar surface area (TPSA) is 71.5 Å². The molecule has 0 bridgehead atoms. The average molecular weight is 613 g/mol. The molecule has 1 N–H and O–H groups in total. The highest BCUT2D eigenvalue weighted by atomic mass is 35.5. The van der Waals surface area contributed by atoms with E-state index >= 15 is 0 Å². The van der Waals surface area contributed by atoms with Gasteiger partial charge in [0.25, 0.3) is 0 Å². The summed E-state index contributed by atoms with van der Waals surface area (Å²) >= 11 is 6.32. The molecule has 2 aliphatic rings. The zero-order valence-corrected chi connectivity index (χ0v) is 29.6. The number of hydrogen-bond donors (Lipinski definition) is 1. The SMILES string of the molecule is CC1(C)Oc2ccc(Cl)cc2[C@@H](N2CCN(CC(CO[Si](C)(C)C(C)(C)C)O[Si](C)(C)C(C)(C)C)CC2=O)[C@@H]1O. The largest absolute Gasteiger partial charge is 0.485 e. The van der Waals surface area contributed by atoms with Gasteiger partial charge < -0.3 is 23.6 Å². The van der Waals surface area contributed by atoms with Crippen LogP contribution in [0.1, 0.15) is 67.0 Å². The van der Waals surface area contributed by atoms with Crippen LogP contribution in [0, 0.1) is 0 Å². The summed E-state index contributed by atoms with van der Waals surface area (Å²) in [5.74, 6) is 0.640. The molecule has 7 nitrogen and oxygen atoms in total. The van der Waals surface area contributed by atoms with E-state index in [9.17, 15) is 9.90 Å². The van der Waals surface area contributed by atoms with Gasteiger partial charge in [-0.2, -0.15) is 0 Å². The van der Waals surface area contributed by atoms with Gasteiger partial charge in [-0.15, -0.1) is 0 Å². The molecule has 0 aromatic heterocycles. The van der Waals surface area contributed by atoms with Gasteiger partial charge in [0, 0.05) is 30.2 Å². The fourth-order valence-electron chi connectivity index (χ4n) is 4.78. The van der Waals surface area contributed by atoms with Gasteiger partial charge in [0.2, 0.25) is 5.91 Å². The highest BCUT2D eigenvalue weighted by Crippen LogP contribution is 2.44. The Hall–Kier alpha value is -0.946. The van der Waals surface area contributed by atoms with Crippen LogP contribution in [0.5, 0.6) is 5.75 Å². The number of aliphatic hydroxyl groups is 1. The van der Waals surface area contributed by atoms with Crippen molar-refractivity contribution in [2.75, 3.05) is 32.8 Å². The van der Waals surface area contributed by atoms with Crippen molar-refractivity contribution in [3.63, 3.8) is 0 Å². The summed E-state index contributed by atoms with van der Waals surface area (Å²) < 4.78 is 19.6. The van der Waals surface area contributed by atoms with E-state index in [1.54, 1.807) is 17.0 Å². The first-order valence-corrected chi connectivity index (χ1v) is 20.8. The molecule has 2 heterocycles. The van der Waals surface area contributed by atoms with Gasteiger partial charge in [0.15, 0.2) is 16.6 Å². The van der Waals surface area contributed by atoms with Crippen LogP contribution in [-0.2, 0) is 13.6 Å². The fraction of sp³-hybridized carbons (Fsp3) is 0.767. The molecule has 1 aromatic rings. The number of carbonyl (C=O) groups excluding carboxylic acids is 1. The number of benzene rings is 1. The molecule has 10 heteroatoms. The second-order valence-corrected chi connectivity index (χ2v) is 25.2. The number of rotatable bonds is 8. The van der Waals surface area contributed by atoms with Crippen molar-refractivity contribution in [3.8, 4) is 5.75 Å². The molecule has 1 saturated heterocycles. The van der Waals surface area contributed by atoms with Crippen molar-refractivity contribution in [2.24, 2.45) is 0 Å². The third-order valence-corrected chi connectivity index (χ3v) is 18.8. The molecular weight excluding hydrogens is 560 g/mol. The molecule has 0 spiro atoms. The number of ether oxygens (including phenoxy) is 1. The second-order valence-electron chi connectivity index (χ2n) is 15.2. The van der Waals surface area contributed by atoms with Crippen molar-refractivity contribution < 1.29 is 23.5 Å². The first kappa shape index (κ1) is 33.6. The Balaban J connectivity index is 1.79. The molecule has 1 aromatic carbocycles. The summed E-state index contributed by atoms with van der Waals surface area (Å²) in [5.41, 5.74) is -0.0884. The lowest BCUT2D eigenvalue weighted by Gasteiger charge is -2.48. The quantitative estimate of drug-likeness (QED) is 0.339. The third-order valence-electron chi connectivity index (χ3n) is 9.51. The Labute approximate surface area is 249 Å². The molecule has 3 atom stereocenters. The Kier molecular flexibility index (Phi) is 9.75. The number of fused-ring (bicyclic) bond motifs is 1. The molecule has 0 saturated carbocycles. The predicted molar refractivity (Wildman–Crippen MR) is 168 cm³/mol. The highest BCUT2D eigenvalue weighted by molar-refractivity contribution is 6.74. The molecule has 228 valence electrons. The molecule has 1 fully saturated rings. The maximum atomic E-state index is 13.7. The van der Waals surface area contributed by atoms with Crippen LogP contribution in [0.4, 0.5) is 0 Å². The van der Waals surface area contributed by atoms with Crippen molar-refractivity contribution >= 4 is 34.1 Å². The average Bonchev–Trinajstić information content (AvgIpc) is 2.78. The van der Waals surface area contributed by atoms with E-state index in [-0.39, 0.29) is 28.6 Å². The number of amides is 1. The molecule has 1 unspecified atom stereocenters. The minimum absolute atomic E-state index is 0.0182. The molecule has 40 heavy (non-hydrogen) atoms. The van der Waals surface area contributed by atoms with Gasteiger partial charge in [0.1, 0.15) is 17.5 Å². The van der Waals surface area contributed by atoms with E-state index in [2.05, 4.69) is 72.6 Å². The minimum atomic E-state index is -2.07. The van der Waals surface area contributed by atoms with E-state index < -0.39 is 34.4 Å². The van der Waals surface area contributed by atoms with Crippen molar-refractivity contribution in [3.05, 3.63) is 28.8 Å². The first-order chi connectivity index (χ1) is 18.1. The summed E-state index contributed by atoms with van der Waals surface area (Å²) in [6, 6.07) is 4.89. The van der Waals surface area contributed by atoms with Gasteiger partial charge in [-0.1, -0.05) is 53.1 Å². The van der Waals surface area contributed by atoms with Crippen LogP contribution < -0.4 is 4.74 Å². The van der Waals surface area contributed by atoms with Crippen LogP contribution >= 0.6 is 11.6 Å². The Morgan fingerprint density at radius 3 is 2.23 bits per heavy atom.